The molecule has 1 aromatic rings. The average molecular weight is 201 g/mol. The van der Waals surface area contributed by atoms with E-state index >= 15 is 0 Å². The average Bonchev–Trinajstić information content (AvgIpc) is 2.16. The maximum absolute atomic E-state index is 10.5. The van der Waals surface area contributed by atoms with Gasteiger partial charge < -0.3 is 9.84 Å². The summed E-state index contributed by atoms with van der Waals surface area (Å²) in [7, 11) is 0. The van der Waals surface area contributed by atoms with Crippen molar-refractivity contribution in [3.05, 3.63) is 28.8 Å². The Labute approximate surface area is 80.9 Å². The number of aliphatic hydroxyl groups excluding tert-OH is 1. The number of aliphatic hydroxyl groups is 1. The van der Waals surface area contributed by atoms with E-state index in [0.29, 0.717) is 22.6 Å². The number of hydrogen-bond donors (Lipinski definition) is 1. The Balaban J connectivity index is 2.86. The van der Waals surface area contributed by atoms with Crippen LogP contribution >= 0.6 is 11.6 Å². The van der Waals surface area contributed by atoms with E-state index in [1.165, 1.54) is 6.07 Å². The van der Waals surface area contributed by atoms with E-state index in [-0.39, 0.29) is 13.2 Å². The minimum absolute atomic E-state index is 0.0824. The summed E-state index contributed by atoms with van der Waals surface area (Å²) in [5.41, 5.74) is 0.390. The lowest BCUT2D eigenvalue weighted by atomic mass is 10.2. The highest BCUT2D eigenvalue weighted by Gasteiger charge is 2.02. The number of ether oxygens (including phenoxy) is 1. The van der Waals surface area contributed by atoms with Crippen LogP contribution in [-0.4, -0.2) is 24.6 Å². The molecule has 0 atom stereocenters. The Kier molecular flexibility index (Phi) is 3.73. The van der Waals surface area contributed by atoms with Gasteiger partial charge in [-0.2, -0.15) is 0 Å². The zero-order valence-electron chi connectivity index (χ0n) is 6.87. The Hall–Kier alpha value is -1.06. The molecule has 1 N–H and O–H groups in total. The van der Waals surface area contributed by atoms with Crippen LogP contribution in [0.3, 0.4) is 0 Å². The molecule has 0 saturated heterocycles. The highest BCUT2D eigenvalue weighted by molar-refractivity contribution is 6.30. The molecule has 0 fully saturated rings. The summed E-state index contributed by atoms with van der Waals surface area (Å²) in [6, 6.07) is 4.74. The van der Waals surface area contributed by atoms with Crippen molar-refractivity contribution in [2.75, 3.05) is 13.2 Å². The second kappa shape index (κ2) is 4.84. The zero-order valence-corrected chi connectivity index (χ0v) is 7.62. The summed E-state index contributed by atoms with van der Waals surface area (Å²) in [5, 5.41) is 8.99. The van der Waals surface area contributed by atoms with Gasteiger partial charge in [-0.1, -0.05) is 11.6 Å². The normalized spacial score (nSPS) is 9.69. The predicted molar refractivity (Wildman–Crippen MR) is 49.4 cm³/mol. The van der Waals surface area contributed by atoms with Gasteiger partial charge in [-0.25, -0.2) is 0 Å². The van der Waals surface area contributed by atoms with Crippen LogP contribution in [0.4, 0.5) is 0 Å². The van der Waals surface area contributed by atoms with E-state index in [0.717, 1.165) is 0 Å². The molecule has 1 aromatic carbocycles. The van der Waals surface area contributed by atoms with Gasteiger partial charge in [-0.3, -0.25) is 4.79 Å². The standard InChI is InChI=1S/C9H9ClO3/c10-8-1-2-9(13-4-3-11)7(5-8)6-12/h1-2,5-6,11H,3-4H2. The molecule has 4 heteroatoms. The van der Waals surface area contributed by atoms with Gasteiger partial charge in [0.25, 0.3) is 0 Å². The van der Waals surface area contributed by atoms with Crippen molar-refractivity contribution in [1.29, 1.82) is 0 Å². The van der Waals surface area contributed by atoms with Gasteiger partial charge in [-0.15, -0.1) is 0 Å². The van der Waals surface area contributed by atoms with Crippen LogP contribution in [0.15, 0.2) is 18.2 Å². The van der Waals surface area contributed by atoms with Crippen molar-refractivity contribution in [3.63, 3.8) is 0 Å². The molecular formula is C9H9ClO3. The van der Waals surface area contributed by atoms with Gasteiger partial charge >= 0.3 is 0 Å². The molecule has 0 radical (unpaired) electrons. The number of carbonyl (C=O) groups excluding carboxylic acids is 1. The molecule has 0 aromatic heterocycles. The SMILES string of the molecule is O=Cc1cc(Cl)ccc1OCCO. The molecule has 0 bridgehead atoms. The molecule has 3 nitrogen and oxygen atoms in total. The lowest BCUT2D eigenvalue weighted by molar-refractivity contribution is 0.111. The van der Waals surface area contributed by atoms with E-state index in [2.05, 4.69) is 0 Å². The molecule has 13 heavy (non-hydrogen) atoms. The number of hydrogen-bond acceptors (Lipinski definition) is 3. The second-order valence-electron chi connectivity index (χ2n) is 2.37. The van der Waals surface area contributed by atoms with Gasteiger partial charge in [0.1, 0.15) is 12.4 Å². The third kappa shape index (κ3) is 2.72. The highest BCUT2D eigenvalue weighted by Crippen LogP contribution is 2.20. The Morgan fingerprint density at radius 1 is 1.54 bits per heavy atom. The fourth-order valence-electron chi connectivity index (χ4n) is 0.898. The van der Waals surface area contributed by atoms with E-state index in [4.69, 9.17) is 21.4 Å². The number of halogens is 1. The van der Waals surface area contributed by atoms with Crippen molar-refractivity contribution in [2.45, 2.75) is 0 Å². The Morgan fingerprint density at radius 3 is 2.92 bits per heavy atom. The summed E-state index contributed by atoms with van der Waals surface area (Å²) in [5.74, 6) is 0.438. The first-order chi connectivity index (χ1) is 6.27. The van der Waals surface area contributed by atoms with Crippen LogP contribution in [0, 0.1) is 0 Å². The molecule has 0 saturated carbocycles. The summed E-state index contributed by atoms with van der Waals surface area (Å²) in [6.45, 7) is 0.0867. The van der Waals surface area contributed by atoms with E-state index < -0.39 is 0 Å². The van der Waals surface area contributed by atoms with Gasteiger partial charge in [0.15, 0.2) is 6.29 Å². The maximum atomic E-state index is 10.5. The second-order valence-corrected chi connectivity index (χ2v) is 2.81. The molecule has 0 aliphatic rings. The first kappa shape index (κ1) is 10.0. The smallest absolute Gasteiger partial charge is 0.153 e. The third-order valence-electron chi connectivity index (χ3n) is 1.45. The van der Waals surface area contributed by atoms with E-state index in [1.807, 2.05) is 0 Å². The lowest BCUT2D eigenvalue weighted by Crippen LogP contribution is -2.03. The minimum Gasteiger partial charge on any atom is -0.490 e. The fraction of sp³-hybridized carbons (Fsp3) is 0.222. The summed E-state index contributed by atoms with van der Waals surface area (Å²) in [6.07, 6.45) is 0.665. The van der Waals surface area contributed by atoms with Gasteiger partial charge in [0.05, 0.1) is 12.2 Å². The fourth-order valence-corrected chi connectivity index (χ4v) is 1.08. The van der Waals surface area contributed by atoms with Crippen molar-refractivity contribution < 1.29 is 14.6 Å². The van der Waals surface area contributed by atoms with Crippen LogP contribution in [0.5, 0.6) is 5.75 Å². The quantitative estimate of drug-likeness (QED) is 0.750. The predicted octanol–water partition coefficient (Wildman–Crippen LogP) is 1.52. The van der Waals surface area contributed by atoms with Crippen LogP contribution in [0.2, 0.25) is 5.02 Å². The van der Waals surface area contributed by atoms with Crippen molar-refractivity contribution >= 4 is 17.9 Å². The monoisotopic (exact) mass is 200 g/mol. The summed E-state index contributed by atoms with van der Waals surface area (Å²) in [4.78, 5) is 10.5. The number of carbonyl (C=O) groups is 1. The molecule has 0 amide bonds. The molecule has 0 aliphatic carbocycles. The molecule has 0 unspecified atom stereocenters. The van der Waals surface area contributed by atoms with Crippen LogP contribution in [-0.2, 0) is 0 Å². The first-order valence-electron chi connectivity index (χ1n) is 3.76. The van der Waals surface area contributed by atoms with Crippen LogP contribution in [0.25, 0.3) is 0 Å². The number of aldehydes is 1. The van der Waals surface area contributed by atoms with E-state index in [9.17, 15) is 4.79 Å². The largest absolute Gasteiger partial charge is 0.490 e. The summed E-state index contributed by atoms with van der Waals surface area (Å²) < 4.78 is 5.09. The van der Waals surface area contributed by atoms with Crippen LogP contribution < -0.4 is 4.74 Å². The third-order valence-corrected chi connectivity index (χ3v) is 1.68. The minimum atomic E-state index is -0.0824. The molecule has 0 spiro atoms. The van der Waals surface area contributed by atoms with Crippen molar-refractivity contribution in [2.24, 2.45) is 0 Å². The van der Waals surface area contributed by atoms with Gasteiger partial charge in [-0.05, 0) is 18.2 Å². The highest BCUT2D eigenvalue weighted by atomic mass is 35.5. The molecule has 1 rings (SSSR count). The van der Waals surface area contributed by atoms with Crippen LogP contribution in [0.1, 0.15) is 10.4 Å². The number of rotatable bonds is 4. The molecule has 0 aliphatic heterocycles. The molecule has 70 valence electrons. The topological polar surface area (TPSA) is 46.5 Å². The number of benzene rings is 1. The molecular weight excluding hydrogens is 192 g/mol. The Morgan fingerprint density at radius 2 is 2.31 bits per heavy atom. The van der Waals surface area contributed by atoms with Crippen molar-refractivity contribution in [3.8, 4) is 5.75 Å². The van der Waals surface area contributed by atoms with Gasteiger partial charge in [0.2, 0.25) is 0 Å². The molecule has 0 heterocycles. The van der Waals surface area contributed by atoms with Crippen molar-refractivity contribution in [1.82, 2.24) is 0 Å². The lowest BCUT2D eigenvalue weighted by Gasteiger charge is -2.06. The van der Waals surface area contributed by atoms with E-state index in [1.54, 1.807) is 12.1 Å². The first-order valence-corrected chi connectivity index (χ1v) is 4.14. The zero-order chi connectivity index (χ0) is 9.68. The Bertz CT molecular complexity index is 299. The summed E-state index contributed by atoms with van der Waals surface area (Å²) >= 11 is 5.67. The maximum Gasteiger partial charge on any atom is 0.153 e. The van der Waals surface area contributed by atoms with Gasteiger partial charge in [0, 0.05) is 5.02 Å².